The van der Waals surface area contributed by atoms with Gasteiger partial charge >= 0.3 is 5.97 Å². The summed E-state index contributed by atoms with van der Waals surface area (Å²) in [5, 5.41) is 13.3. The lowest BCUT2D eigenvalue weighted by Gasteiger charge is -2.03. The van der Waals surface area contributed by atoms with Gasteiger partial charge in [0.1, 0.15) is 9.88 Å². The molecule has 2 aromatic rings. The third-order valence-corrected chi connectivity index (χ3v) is 5.33. The maximum absolute atomic E-state index is 12.1. The van der Waals surface area contributed by atoms with E-state index < -0.39 is 5.97 Å². The standard InChI is InChI=1S/C13H12N2O3S2/c1-6-14-5-9(19-6)11(16)15-12-10(13(17)18)7-3-2-4-8(7)20-12/h5H,2-4H2,1H3,(H,15,16)(H,17,18). The van der Waals surface area contributed by atoms with Crippen LogP contribution in [-0.2, 0) is 12.8 Å². The molecule has 0 aromatic carbocycles. The number of aryl methyl sites for hydroxylation is 2. The number of hydrogen-bond acceptors (Lipinski definition) is 5. The summed E-state index contributed by atoms with van der Waals surface area (Å²) < 4.78 is 0. The summed E-state index contributed by atoms with van der Waals surface area (Å²) in [5.74, 6) is -1.27. The van der Waals surface area contributed by atoms with Crippen LogP contribution in [0.3, 0.4) is 0 Å². The molecule has 1 aliphatic carbocycles. The molecule has 2 aromatic heterocycles. The number of nitrogens with zero attached hydrogens (tertiary/aromatic N) is 1. The first-order valence-electron chi connectivity index (χ1n) is 6.18. The van der Waals surface area contributed by atoms with E-state index in [1.165, 1.54) is 28.9 Å². The highest BCUT2D eigenvalue weighted by molar-refractivity contribution is 7.17. The van der Waals surface area contributed by atoms with E-state index in [2.05, 4.69) is 10.3 Å². The summed E-state index contributed by atoms with van der Waals surface area (Å²) in [6.45, 7) is 1.82. The number of carboxylic acid groups (broad SMARTS) is 1. The number of thiazole rings is 1. The number of fused-ring (bicyclic) bond motifs is 1. The lowest BCUT2D eigenvalue weighted by atomic mass is 10.1. The number of hydrogen-bond donors (Lipinski definition) is 2. The molecule has 2 heterocycles. The van der Waals surface area contributed by atoms with Gasteiger partial charge in [0.15, 0.2) is 0 Å². The zero-order valence-corrected chi connectivity index (χ0v) is 12.4. The number of amides is 1. The maximum Gasteiger partial charge on any atom is 0.339 e. The second-order valence-electron chi connectivity index (χ2n) is 4.56. The van der Waals surface area contributed by atoms with E-state index in [4.69, 9.17) is 0 Å². The molecule has 0 atom stereocenters. The Kier molecular flexibility index (Phi) is 3.31. The molecule has 0 aliphatic heterocycles. The number of rotatable bonds is 3. The SMILES string of the molecule is Cc1ncc(C(=O)Nc2sc3c(c2C(=O)O)CCC3)s1. The van der Waals surface area contributed by atoms with Crippen molar-refractivity contribution < 1.29 is 14.7 Å². The monoisotopic (exact) mass is 308 g/mol. The predicted molar refractivity (Wildman–Crippen MR) is 78.1 cm³/mol. The van der Waals surface area contributed by atoms with Crippen molar-refractivity contribution in [2.75, 3.05) is 5.32 Å². The molecule has 5 nitrogen and oxygen atoms in total. The van der Waals surface area contributed by atoms with Gasteiger partial charge < -0.3 is 10.4 Å². The lowest BCUT2D eigenvalue weighted by molar-refractivity contribution is 0.0697. The molecule has 0 unspecified atom stereocenters. The van der Waals surface area contributed by atoms with Gasteiger partial charge in [-0.25, -0.2) is 9.78 Å². The number of carboxylic acids is 1. The van der Waals surface area contributed by atoms with Gasteiger partial charge in [-0.15, -0.1) is 22.7 Å². The van der Waals surface area contributed by atoms with E-state index in [9.17, 15) is 14.7 Å². The zero-order valence-electron chi connectivity index (χ0n) is 10.7. The van der Waals surface area contributed by atoms with Crippen molar-refractivity contribution in [1.82, 2.24) is 4.98 Å². The first-order chi connectivity index (χ1) is 9.56. The van der Waals surface area contributed by atoms with Crippen molar-refractivity contribution in [3.05, 3.63) is 32.1 Å². The van der Waals surface area contributed by atoms with Gasteiger partial charge in [-0.05, 0) is 31.7 Å². The van der Waals surface area contributed by atoms with Crippen LogP contribution in [-0.4, -0.2) is 22.0 Å². The molecule has 104 valence electrons. The number of carbonyl (C=O) groups excluding carboxylic acids is 1. The van der Waals surface area contributed by atoms with E-state index in [1.807, 2.05) is 6.92 Å². The molecule has 2 N–H and O–H groups in total. The summed E-state index contributed by atoms with van der Waals surface area (Å²) in [5.41, 5.74) is 1.15. The second kappa shape index (κ2) is 4.99. The summed E-state index contributed by atoms with van der Waals surface area (Å²) in [7, 11) is 0. The minimum atomic E-state index is -0.972. The van der Waals surface area contributed by atoms with Gasteiger partial charge in [0.05, 0.1) is 16.8 Å². The van der Waals surface area contributed by atoms with Crippen LogP contribution in [0.2, 0.25) is 0 Å². The van der Waals surface area contributed by atoms with E-state index in [1.54, 1.807) is 0 Å². The normalized spacial score (nSPS) is 13.2. The summed E-state index contributed by atoms with van der Waals surface area (Å²) in [6.07, 6.45) is 4.18. The first kappa shape index (κ1) is 13.3. The zero-order chi connectivity index (χ0) is 14.3. The van der Waals surface area contributed by atoms with Crippen molar-refractivity contribution >= 4 is 39.6 Å². The summed E-state index contributed by atoms with van der Waals surface area (Å²) in [6, 6.07) is 0. The fourth-order valence-electron chi connectivity index (χ4n) is 2.35. The van der Waals surface area contributed by atoms with Gasteiger partial charge in [-0.2, -0.15) is 0 Å². The Hall–Kier alpha value is -1.73. The molecule has 0 saturated carbocycles. The van der Waals surface area contributed by atoms with E-state index in [-0.39, 0.29) is 11.5 Å². The molecule has 0 radical (unpaired) electrons. The third kappa shape index (κ3) is 2.23. The molecule has 0 fully saturated rings. The topological polar surface area (TPSA) is 79.3 Å². The lowest BCUT2D eigenvalue weighted by Crippen LogP contribution is -2.12. The Labute approximate surface area is 123 Å². The van der Waals surface area contributed by atoms with Crippen LogP contribution < -0.4 is 5.32 Å². The van der Waals surface area contributed by atoms with Crippen molar-refractivity contribution in [3.63, 3.8) is 0 Å². The highest BCUT2D eigenvalue weighted by Gasteiger charge is 2.27. The van der Waals surface area contributed by atoms with Crippen molar-refractivity contribution in [2.24, 2.45) is 0 Å². The van der Waals surface area contributed by atoms with Gasteiger partial charge in [0.25, 0.3) is 5.91 Å². The summed E-state index contributed by atoms with van der Waals surface area (Å²) in [4.78, 5) is 29.1. The molecule has 3 rings (SSSR count). The number of thiophene rings is 1. The number of aromatic carboxylic acids is 1. The van der Waals surface area contributed by atoms with Gasteiger partial charge in [0, 0.05) is 4.88 Å². The molecule has 0 saturated heterocycles. The van der Waals surface area contributed by atoms with E-state index in [0.29, 0.717) is 9.88 Å². The predicted octanol–water partition coefficient (Wildman–Crippen LogP) is 2.95. The van der Waals surface area contributed by atoms with Crippen molar-refractivity contribution in [3.8, 4) is 0 Å². The molecule has 7 heteroatoms. The van der Waals surface area contributed by atoms with Gasteiger partial charge in [-0.1, -0.05) is 0 Å². The van der Waals surface area contributed by atoms with E-state index in [0.717, 1.165) is 34.7 Å². The molecular weight excluding hydrogens is 296 g/mol. The molecule has 1 amide bonds. The molecule has 0 bridgehead atoms. The Balaban J connectivity index is 1.91. The molecular formula is C13H12N2O3S2. The van der Waals surface area contributed by atoms with Crippen molar-refractivity contribution in [1.29, 1.82) is 0 Å². The Morgan fingerprint density at radius 2 is 2.15 bits per heavy atom. The quantitative estimate of drug-likeness (QED) is 0.913. The van der Waals surface area contributed by atoms with Crippen LogP contribution in [0, 0.1) is 6.92 Å². The van der Waals surface area contributed by atoms with Crippen LogP contribution in [0.4, 0.5) is 5.00 Å². The second-order valence-corrected chi connectivity index (χ2v) is 6.90. The van der Waals surface area contributed by atoms with Gasteiger partial charge in [-0.3, -0.25) is 4.79 Å². The van der Waals surface area contributed by atoms with Crippen LogP contribution >= 0.6 is 22.7 Å². The minimum absolute atomic E-state index is 0.261. The first-order valence-corrected chi connectivity index (χ1v) is 7.81. The number of nitrogens with one attached hydrogen (secondary N) is 1. The van der Waals surface area contributed by atoms with E-state index >= 15 is 0 Å². The average molecular weight is 308 g/mol. The third-order valence-electron chi connectivity index (χ3n) is 3.21. The van der Waals surface area contributed by atoms with Crippen molar-refractivity contribution in [2.45, 2.75) is 26.2 Å². The average Bonchev–Trinajstić information content (AvgIpc) is 3.03. The highest BCUT2D eigenvalue weighted by atomic mass is 32.1. The minimum Gasteiger partial charge on any atom is -0.478 e. The maximum atomic E-state index is 12.1. The largest absolute Gasteiger partial charge is 0.478 e. The van der Waals surface area contributed by atoms with Crippen LogP contribution in [0.25, 0.3) is 0 Å². The number of aromatic nitrogens is 1. The number of carbonyl (C=O) groups is 2. The van der Waals surface area contributed by atoms with Crippen LogP contribution in [0.15, 0.2) is 6.20 Å². The number of anilines is 1. The fourth-order valence-corrected chi connectivity index (χ4v) is 4.30. The van der Waals surface area contributed by atoms with Crippen LogP contribution in [0.1, 0.15) is 41.9 Å². The van der Waals surface area contributed by atoms with Gasteiger partial charge in [0.2, 0.25) is 0 Å². The fraction of sp³-hybridized carbons (Fsp3) is 0.308. The Morgan fingerprint density at radius 3 is 2.80 bits per heavy atom. The molecule has 1 aliphatic rings. The highest BCUT2D eigenvalue weighted by Crippen LogP contribution is 2.39. The van der Waals surface area contributed by atoms with Crippen LogP contribution in [0.5, 0.6) is 0 Å². The molecule has 0 spiro atoms. The Bertz CT molecular complexity index is 703. The molecule has 20 heavy (non-hydrogen) atoms. The summed E-state index contributed by atoms with van der Waals surface area (Å²) >= 11 is 2.67. The smallest absolute Gasteiger partial charge is 0.339 e. The Morgan fingerprint density at radius 1 is 1.35 bits per heavy atom.